The van der Waals surface area contributed by atoms with Gasteiger partial charge in [-0.3, -0.25) is 9.59 Å². The minimum Gasteiger partial charge on any atom is -0.361 e. The second-order valence-electron chi connectivity index (χ2n) is 5.84. The number of hydrogen-bond donors (Lipinski definition) is 1. The summed E-state index contributed by atoms with van der Waals surface area (Å²) in [5.74, 6) is 0.970. The fraction of sp³-hybridized carbons (Fsp3) is 0.412. The Morgan fingerprint density at radius 2 is 2.16 bits per heavy atom. The van der Waals surface area contributed by atoms with Crippen molar-refractivity contribution in [2.75, 3.05) is 19.6 Å². The van der Waals surface area contributed by atoms with Crippen LogP contribution in [0.2, 0.25) is 0 Å². The predicted octanol–water partition coefficient (Wildman–Crippen LogP) is 2.02. The van der Waals surface area contributed by atoms with Gasteiger partial charge < -0.3 is 14.7 Å². The highest BCUT2D eigenvalue weighted by atomic mass is 32.2. The third kappa shape index (κ3) is 4.60. The monoisotopic (exact) mass is 360 g/mol. The first-order valence-corrected chi connectivity index (χ1v) is 9.18. The van der Waals surface area contributed by atoms with Crippen LogP contribution in [0.1, 0.15) is 34.7 Å². The van der Waals surface area contributed by atoms with E-state index in [2.05, 4.69) is 15.5 Å². The van der Waals surface area contributed by atoms with Gasteiger partial charge in [0.05, 0.1) is 17.8 Å². The van der Waals surface area contributed by atoms with Crippen LogP contribution in [0.15, 0.2) is 33.9 Å². The molecule has 0 bridgehead atoms. The zero-order valence-electron chi connectivity index (χ0n) is 14.0. The molecule has 25 heavy (non-hydrogen) atoms. The smallest absolute Gasteiger partial charge is 0.254 e. The molecule has 0 aromatic carbocycles. The normalized spacial score (nSPS) is 13.9. The molecule has 1 N–H and O–H groups in total. The summed E-state index contributed by atoms with van der Waals surface area (Å²) in [6.45, 7) is 3.40. The van der Waals surface area contributed by atoms with E-state index in [0.717, 1.165) is 37.4 Å². The van der Waals surface area contributed by atoms with Crippen LogP contribution in [0.3, 0.4) is 0 Å². The van der Waals surface area contributed by atoms with Crippen molar-refractivity contribution in [3.8, 4) is 0 Å². The van der Waals surface area contributed by atoms with Gasteiger partial charge in [-0.25, -0.2) is 4.98 Å². The summed E-state index contributed by atoms with van der Waals surface area (Å²) in [6.07, 6.45) is 3.71. The number of nitrogens with zero attached hydrogens (tertiary/aromatic N) is 3. The molecule has 2 aromatic heterocycles. The van der Waals surface area contributed by atoms with Crippen molar-refractivity contribution in [3.05, 3.63) is 41.4 Å². The summed E-state index contributed by atoms with van der Waals surface area (Å²) in [4.78, 5) is 30.5. The maximum absolute atomic E-state index is 12.4. The minimum absolute atomic E-state index is 0.0142. The lowest BCUT2D eigenvalue weighted by Gasteiger charge is -2.15. The fourth-order valence-electron chi connectivity index (χ4n) is 2.64. The van der Waals surface area contributed by atoms with Crippen LogP contribution < -0.4 is 5.32 Å². The predicted molar refractivity (Wildman–Crippen MR) is 93.2 cm³/mol. The summed E-state index contributed by atoms with van der Waals surface area (Å²) in [7, 11) is 0. The molecule has 0 atom stereocenters. The standard InChI is InChI=1S/C17H20N4O3S/c1-12-9-13(20-24-12)11-25-17-14(5-4-6-18-17)16(23)19-10-15(22)21-7-2-3-8-21/h4-6,9H,2-3,7-8,10-11H2,1H3,(H,19,23). The number of likely N-dealkylation sites (tertiary alicyclic amines) is 1. The Balaban J connectivity index is 1.59. The van der Waals surface area contributed by atoms with E-state index in [4.69, 9.17) is 4.52 Å². The lowest BCUT2D eigenvalue weighted by molar-refractivity contribution is -0.129. The van der Waals surface area contributed by atoms with E-state index in [1.165, 1.54) is 11.8 Å². The van der Waals surface area contributed by atoms with Gasteiger partial charge in [0.2, 0.25) is 5.91 Å². The third-order valence-electron chi connectivity index (χ3n) is 3.91. The maximum Gasteiger partial charge on any atom is 0.254 e. The first-order chi connectivity index (χ1) is 12.1. The molecule has 0 saturated carbocycles. The van der Waals surface area contributed by atoms with Crippen LogP contribution in [0.5, 0.6) is 0 Å². The van der Waals surface area contributed by atoms with Gasteiger partial charge in [-0.1, -0.05) is 16.9 Å². The molecule has 1 aliphatic heterocycles. The van der Waals surface area contributed by atoms with Gasteiger partial charge in [0.25, 0.3) is 5.91 Å². The molecule has 0 aliphatic carbocycles. The molecule has 0 radical (unpaired) electrons. The maximum atomic E-state index is 12.4. The van der Waals surface area contributed by atoms with Crippen molar-refractivity contribution in [1.82, 2.24) is 20.4 Å². The number of carbonyl (C=O) groups excluding carboxylic acids is 2. The van der Waals surface area contributed by atoms with Gasteiger partial charge in [-0.15, -0.1) is 0 Å². The molecule has 3 heterocycles. The van der Waals surface area contributed by atoms with Crippen LogP contribution in [0.4, 0.5) is 0 Å². The van der Waals surface area contributed by atoms with E-state index in [1.54, 1.807) is 23.2 Å². The van der Waals surface area contributed by atoms with E-state index >= 15 is 0 Å². The highest BCUT2D eigenvalue weighted by molar-refractivity contribution is 7.98. The number of amides is 2. The molecular weight excluding hydrogens is 340 g/mol. The number of rotatable bonds is 6. The van der Waals surface area contributed by atoms with Crippen molar-refractivity contribution in [3.63, 3.8) is 0 Å². The number of hydrogen-bond acceptors (Lipinski definition) is 6. The van der Waals surface area contributed by atoms with E-state index < -0.39 is 0 Å². The van der Waals surface area contributed by atoms with Crippen LogP contribution >= 0.6 is 11.8 Å². The number of carbonyl (C=O) groups is 2. The van der Waals surface area contributed by atoms with Crippen molar-refractivity contribution in [1.29, 1.82) is 0 Å². The molecule has 132 valence electrons. The largest absolute Gasteiger partial charge is 0.361 e. The van der Waals surface area contributed by atoms with Crippen molar-refractivity contribution in [2.45, 2.75) is 30.5 Å². The van der Waals surface area contributed by atoms with Gasteiger partial charge in [0.15, 0.2) is 0 Å². The van der Waals surface area contributed by atoms with Crippen molar-refractivity contribution >= 4 is 23.6 Å². The molecule has 1 fully saturated rings. The van der Waals surface area contributed by atoms with Crippen molar-refractivity contribution in [2.24, 2.45) is 0 Å². The second kappa shape index (κ2) is 8.15. The van der Waals surface area contributed by atoms with Crippen LogP contribution in [-0.2, 0) is 10.5 Å². The average molecular weight is 360 g/mol. The van der Waals surface area contributed by atoms with Crippen LogP contribution in [0, 0.1) is 6.92 Å². The summed E-state index contributed by atoms with van der Waals surface area (Å²) in [5.41, 5.74) is 1.26. The lowest BCUT2D eigenvalue weighted by Crippen LogP contribution is -2.38. The molecule has 8 heteroatoms. The van der Waals surface area contributed by atoms with Gasteiger partial charge in [-0.05, 0) is 31.9 Å². The molecule has 2 amide bonds. The number of aryl methyl sites for hydroxylation is 1. The molecule has 1 saturated heterocycles. The summed E-state index contributed by atoms with van der Waals surface area (Å²) in [5, 5.41) is 7.24. The van der Waals surface area contributed by atoms with E-state index in [9.17, 15) is 9.59 Å². The topological polar surface area (TPSA) is 88.3 Å². The van der Waals surface area contributed by atoms with E-state index in [-0.39, 0.29) is 18.4 Å². The van der Waals surface area contributed by atoms with Gasteiger partial charge >= 0.3 is 0 Å². The highest BCUT2D eigenvalue weighted by Gasteiger charge is 2.19. The van der Waals surface area contributed by atoms with Gasteiger partial charge in [0.1, 0.15) is 10.8 Å². The Morgan fingerprint density at radius 1 is 1.36 bits per heavy atom. The summed E-state index contributed by atoms with van der Waals surface area (Å²) < 4.78 is 5.04. The van der Waals surface area contributed by atoms with Gasteiger partial charge in [0, 0.05) is 31.1 Å². The highest BCUT2D eigenvalue weighted by Crippen LogP contribution is 2.24. The Hall–Kier alpha value is -2.35. The SMILES string of the molecule is Cc1cc(CSc2ncccc2C(=O)NCC(=O)N2CCCC2)no1. The Bertz CT molecular complexity index is 756. The summed E-state index contributed by atoms with van der Waals surface area (Å²) in [6, 6.07) is 5.27. The Morgan fingerprint density at radius 3 is 2.88 bits per heavy atom. The average Bonchev–Trinajstić information content (AvgIpc) is 3.29. The molecule has 0 spiro atoms. The molecule has 7 nitrogen and oxygen atoms in total. The number of nitrogens with one attached hydrogen (secondary N) is 1. The number of aromatic nitrogens is 2. The third-order valence-corrected chi connectivity index (χ3v) is 4.95. The number of pyridine rings is 1. The van der Waals surface area contributed by atoms with Crippen LogP contribution in [0.25, 0.3) is 0 Å². The molecule has 2 aromatic rings. The van der Waals surface area contributed by atoms with Crippen LogP contribution in [-0.4, -0.2) is 46.5 Å². The summed E-state index contributed by atoms with van der Waals surface area (Å²) >= 11 is 1.41. The quantitative estimate of drug-likeness (QED) is 0.793. The zero-order chi connectivity index (χ0) is 17.6. The fourth-order valence-corrected chi connectivity index (χ4v) is 3.51. The van der Waals surface area contributed by atoms with E-state index in [1.807, 2.05) is 13.0 Å². The number of thioether (sulfide) groups is 1. The molecule has 0 unspecified atom stereocenters. The first kappa shape index (κ1) is 17.5. The minimum atomic E-state index is -0.292. The second-order valence-corrected chi connectivity index (χ2v) is 6.81. The zero-order valence-corrected chi connectivity index (χ0v) is 14.8. The van der Waals surface area contributed by atoms with Crippen molar-refractivity contribution < 1.29 is 14.1 Å². The van der Waals surface area contributed by atoms with E-state index in [0.29, 0.717) is 16.3 Å². The molecule has 3 rings (SSSR count). The van der Waals surface area contributed by atoms with Gasteiger partial charge in [-0.2, -0.15) is 0 Å². The molecular formula is C17H20N4O3S. The Labute approximate surface area is 150 Å². The first-order valence-electron chi connectivity index (χ1n) is 8.19. The molecule has 1 aliphatic rings. The Kier molecular flexibility index (Phi) is 5.70. The lowest BCUT2D eigenvalue weighted by atomic mass is 10.2.